The van der Waals surface area contributed by atoms with Gasteiger partial charge >= 0.3 is 0 Å². The summed E-state index contributed by atoms with van der Waals surface area (Å²) in [7, 11) is 0. The van der Waals surface area contributed by atoms with Crippen LogP contribution < -0.4 is 10.5 Å². The van der Waals surface area contributed by atoms with Gasteiger partial charge in [0.25, 0.3) is 5.56 Å². The van der Waals surface area contributed by atoms with Crippen molar-refractivity contribution < 1.29 is 4.90 Å². The van der Waals surface area contributed by atoms with E-state index in [4.69, 9.17) is 0 Å². The zero-order valence-corrected chi connectivity index (χ0v) is 18.8. The van der Waals surface area contributed by atoms with Crippen molar-refractivity contribution in [2.24, 2.45) is 5.92 Å². The van der Waals surface area contributed by atoms with E-state index in [1.807, 2.05) is 11.6 Å². The molecule has 3 aromatic rings. The van der Waals surface area contributed by atoms with Gasteiger partial charge in [0.1, 0.15) is 0 Å². The van der Waals surface area contributed by atoms with Gasteiger partial charge in [0, 0.05) is 11.3 Å². The molecule has 5 rings (SSSR count). The molecule has 1 aromatic carbocycles. The van der Waals surface area contributed by atoms with Gasteiger partial charge in [0.2, 0.25) is 5.82 Å². The van der Waals surface area contributed by atoms with Crippen LogP contribution in [0.5, 0.6) is 0 Å². The lowest BCUT2D eigenvalue weighted by Crippen LogP contribution is -3.14. The lowest BCUT2D eigenvalue weighted by Gasteiger charge is -2.34. The van der Waals surface area contributed by atoms with E-state index in [-0.39, 0.29) is 11.6 Å². The molecule has 2 N–H and O–H groups in total. The van der Waals surface area contributed by atoms with Crippen molar-refractivity contribution in [3.8, 4) is 0 Å². The first-order valence-electron chi connectivity index (χ1n) is 11.8. The minimum atomic E-state index is -0.147. The van der Waals surface area contributed by atoms with Crippen molar-refractivity contribution in [3.05, 3.63) is 51.1 Å². The van der Waals surface area contributed by atoms with Gasteiger partial charge in [-0.3, -0.25) is 4.79 Å². The molecule has 3 atom stereocenters. The Morgan fingerprint density at radius 1 is 1.13 bits per heavy atom. The highest BCUT2D eigenvalue weighted by molar-refractivity contribution is 5.85. The number of pyridine rings is 1. The van der Waals surface area contributed by atoms with Gasteiger partial charge in [-0.25, -0.2) is 4.68 Å². The molecule has 3 heterocycles. The third-order valence-corrected chi connectivity index (χ3v) is 7.44. The molecule has 7 heteroatoms. The van der Waals surface area contributed by atoms with E-state index >= 15 is 0 Å². The normalized spacial score (nSPS) is 23.5. The molecule has 1 unspecified atom stereocenters. The minimum Gasteiger partial charge on any atom is -0.322 e. The van der Waals surface area contributed by atoms with Gasteiger partial charge < -0.3 is 9.88 Å². The van der Waals surface area contributed by atoms with Crippen LogP contribution in [0.25, 0.3) is 10.9 Å². The van der Waals surface area contributed by atoms with Crippen LogP contribution in [0.1, 0.15) is 80.0 Å². The molecular weight excluding hydrogens is 388 g/mol. The van der Waals surface area contributed by atoms with E-state index < -0.39 is 0 Å². The predicted molar refractivity (Wildman–Crippen MR) is 120 cm³/mol. The van der Waals surface area contributed by atoms with Gasteiger partial charge in [-0.2, -0.15) is 0 Å². The Balaban J connectivity index is 1.69. The minimum absolute atomic E-state index is 0.0158. The molecule has 0 spiro atoms. The summed E-state index contributed by atoms with van der Waals surface area (Å²) < 4.78 is 2.04. The van der Waals surface area contributed by atoms with Crippen molar-refractivity contribution in [1.82, 2.24) is 25.2 Å². The maximum absolute atomic E-state index is 13.4. The first-order valence-corrected chi connectivity index (χ1v) is 11.8. The average molecular weight is 422 g/mol. The number of nitrogens with one attached hydrogen (secondary N) is 2. The van der Waals surface area contributed by atoms with Crippen LogP contribution in [0.3, 0.4) is 0 Å². The van der Waals surface area contributed by atoms with Gasteiger partial charge in [-0.05, 0) is 67.2 Å². The van der Waals surface area contributed by atoms with Gasteiger partial charge in [0.15, 0.2) is 6.04 Å². The molecule has 1 aliphatic carbocycles. The van der Waals surface area contributed by atoms with E-state index in [0.717, 1.165) is 53.8 Å². The van der Waals surface area contributed by atoms with Crippen LogP contribution in [0.15, 0.2) is 23.0 Å². The number of likely N-dealkylation sites (tertiary alicyclic amines) is 1. The van der Waals surface area contributed by atoms with Crippen LogP contribution in [0.2, 0.25) is 0 Å². The van der Waals surface area contributed by atoms with Crippen LogP contribution in [0, 0.1) is 19.8 Å². The van der Waals surface area contributed by atoms with Crippen LogP contribution in [-0.4, -0.2) is 38.3 Å². The van der Waals surface area contributed by atoms with Crippen molar-refractivity contribution in [2.45, 2.75) is 71.4 Å². The SMILES string of the molecule is Cc1ccc(C)c2[nH]c(=O)c([C@@H](c3nnnn3C3CCCC3)[NH+]3CCC[C@H](C)C3)cc12. The quantitative estimate of drug-likeness (QED) is 0.679. The van der Waals surface area contributed by atoms with Crippen molar-refractivity contribution >= 4 is 10.9 Å². The van der Waals surface area contributed by atoms with E-state index in [1.165, 1.54) is 36.1 Å². The smallest absolute Gasteiger partial charge is 0.258 e. The van der Waals surface area contributed by atoms with Crippen LogP contribution >= 0.6 is 0 Å². The molecule has 1 saturated carbocycles. The first kappa shape index (κ1) is 20.4. The molecular formula is C24H33N6O+. The zero-order chi connectivity index (χ0) is 21.5. The number of aromatic nitrogens is 5. The molecule has 1 aliphatic heterocycles. The van der Waals surface area contributed by atoms with Gasteiger partial charge in [-0.1, -0.05) is 31.9 Å². The monoisotopic (exact) mass is 421 g/mol. The summed E-state index contributed by atoms with van der Waals surface area (Å²) in [4.78, 5) is 18.1. The highest BCUT2D eigenvalue weighted by atomic mass is 16.1. The third kappa shape index (κ3) is 3.69. The molecule has 0 radical (unpaired) electrons. The zero-order valence-electron chi connectivity index (χ0n) is 18.8. The number of H-pyrrole nitrogens is 1. The van der Waals surface area contributed by atoms with Gasteiger partial charge in [0.05, 0.1) is 30.2 Å². The summed E-state index contributed by atoms with van der Waals surface area (Å²) in [5.41, 5.74) is 3.98. The Morgan fingerprint density at radius 3 is 2.68 bits per heavy atom. The van der Waals surface area contributed by atoms with Crippen LogP contribution in [0.4, 0.5) is 0 Å². The number of hydrogen-bond donors (Lipinski definition) is 2. The number of aromatic amines is 1. The predicted octanol–water partition coefficient (Wildman–Crippen LogP) is 2.65. The topological polar surface area (TPSA) is 80.9 Å². The highest BCUT2D eigenvalue weighted by Gasteiger charge is 2.38. The van der Waals surface area contributed by atoms with Crippen molar-refractivity contribution in [1.29, 1.82) is 0 Å². The molecule has 0 amide bonds. The first-order chi connectivity index (χ1) is 15.0. The second-order valence-corrected chi connectivity index (χ2v) is 9.75. The molecule has 164 valence electrons. The fourth-order valence-electron chi connectivity index (χ4n) is 5.74. The molecule has 2 fully saturated rings. The molecule has 0 bridgehead atoms. The number of piperidine rings is 1. The number of benzene rings is 1. The van der Waals surface area contributed by atoms with Crippen LogP contribution in [-0.2, 0) is 0 Å². The van der Waals surface area contributed by atoms with Crippen molar-refractivity contribution in [2.75, 3.05) is 13.1 Å². The van der Waals surface area contributed by atoms with E-state index in [2.05, 4.69) is 52.6 Å². The standard InChI is InChI=1S/C24H32N6O/c1-15-7-6-12-29(14-15)22(23-26-27-28-30(23)18-8-4-5-9-18)20-13-19-16(2)10-11-17(3)21(19)25-24(20)31/h10-11,13,15,18,22H,4-9,12,14H2,1-3H3,(H,25,31)/p+1/t15-,22-/m0/s1. The number of rotatable bonds is 4. The molecule has 2 aliphatic rings. The number of quaternary nitrogens is 1. The summed E-state index contributed by atoms with van der Waals surface area (Å²) in [6.07, 6.45) is 7.08. The summed E-state index contributed by atoms with van der Waals surface area (Å²) in [6.45, 7) is 8.54. The third-order valence-electron chi connectivity index (χ3n) is 7.44. The number of fused-ring (bicyclic) bond motifs is 1. The second kappa shape index (κ2) is 8.19. The molecule has 31 heavy (non-hydrogen) atoms. The Bertz CT molecular complexity index is 1140. The van der Waals surface area contributed by atoms with Crippen molar-refractivity contribution in [3.63, 3.8) is 0 Å². The van der Waals surface area contributed by atoms with E-state index in [0.29, 0.717) is 12.0 Å². The number of nitrogens with zero attached hydrogens (tertiary/aromatic N) is 4. The summed E-state index contributed by atoms with van der Waals surface area (Å²) in [5, 5.41) is 14.1. The number of tetrazole rings is 1. The Morgan fingerprint density at radius 2 is 1.90 bits per heavy atom. The molecule has 7 nitrogen and oxygen atoms in total. The maximum Gasteiger partial charge on any atom is 0.258 e. The number of aryl methyl sites for hydroxylation is 2. The Hall–Kier alpha value is -2.54. The summed E-state index contributed by atoms with van der Waals surface area (Å²) >= 11 is 0. The second-order valence-electron chi connectivity index (χ2n) is 9.75. The fraction of sp³-hybridized carbons (Fsp3) is 0.583. The molecule has 2 aromatic heterocycles. The Labute approximate surface area is 182 Å². The van der Waals surface area contributed by atoms with Gasteiger partial charge in [-0.15, -0.1) is 5.10 Å². The lowest BCUT2D eigenvalue weighted by atomic mass is 9.94. The van der Waals surface area contributed by atoms with E-state index in [9.17, 15) is 4.79 Å². The fourth-order valence-corrected chi connectivity index (χ4v) is 5.74. The average Bonchev–Trinajstić information content (AvgIpc) is 3.44. The Kier molecular flexibility index (Phi) is 5.38. The maximum atomic E-state index is 13.4. The summed E-state index contributed by atoms with van der Waals surface area (Å²) in [6, 6.07) is 6.51. The summed E-state index contributed by atoms with van der Waals surface area (Å²) in [5.74, 6) is 1.48. The molecule has 1 saturated heterocycles. The lowest BCUT2D eigenvalue weighted by molar-refractivity contribution is -0.934. The number of hydrogen-bond acceptors (Lipinski definition) is 4. The van der Waals surface area contributed by atoms with E-state index in [1.54, 1.807) is 0 Å². The largest absolute Gasteiger partial charge is 0.322 e. The highest BCUT2D eigenvalue weighted by Crippen LogP contribution is 2.31.